The zero-order valence-electron chi connectivity index (χ0n) is 30.6. The number of carbonyl (C=O) groups excluding carboxylic acids is 1. The van der Waals surface area contributed by atoms with Gasteiger partial charge < -0.3 is 20.5 Å². The van der Waals surface area contributed by atoms with E-state index < -0.39 is 81.8 Å². The SMILES string of the molecule is CC(C)n1c(=O)cc(N[C@H](CC(=O)O)c2ccc(F)c(F)c2)[nH]c1=O.CC(C)n1c(=O)cc(N[C@H](CC(=O)OC(C)(C)C)c2ccc(F)c(F)c2)[nH]c1=O. The summed E-state index contributed by atoms with van der Waals surface area (Å²) in [5.74, 6) is -6.04. The third-order valence-corrected chi connectivity index (χ3v) is 7.49. The van der Waals surface area contributed by atoms with E-state index in [-0.39, 0.29) is 41.3 Å². The molecule has 0 radical (unpaired) electrons. The fourth-order valence-electron chi connectivity index (χ4n) is 5.21. The molecule has 0 bridgehead atoms. The van der Waals surface area contributed by atoms with Crippen LogP contribution in [0.3, 0.4) is 0 Å². The Hall–Kier alpha value is -5.94. The Morgan fingerprint density at radius 3 is 1.39 bits per heavy atom. The van der Waals surface area contributed by atoms with Crippen LogP contribution in [0.2, 0.25) is 0 Å². The van der Waals surface area contributed by atoms with Gasteiger partial charge >= 0.3 is 23.3 Å². The van der Waals surface area contributed by atoms with Gasteiger partial charge in [-0.1, -0.05) is 12.1 Å². The number of benzene rings is 2. The zero-order valence-corrected chi connectivity index (χ0v) is 30.6. The van der Waals surface area contributed by atoms with Crippen LogP contribution < -0.4 is 33.1 Å². The second-order valence-corrected chi connectivity index (χ2v) is 13.7. The van der Waals surface area contributed by atoms with Crippen molar-refractivity contribution in [3.05, 3.63) is 125 Å². The standard InChI is InChI=1S/C20H25F2N3O4.C16H17F2N3O4/c1-11(2)25-17(26)10-16(24-19(25)28)23-15(9-18(27)29-20(3,4)5)12-6-7-13(21)14(22)8-12;1-8(2)21-14(22)7-13(20-16(21)25)19-12(6-15(23)24)9-3-4-10(17)11(18)5-9/h6-8,10-11,15,23H,9H2,1-5H3,(H,24,28);3-5,7-8,12,19H,6H2,1-2H3,(H,20,25)(H,23,24)/t15-;12-/m11/s1. The van der Waals surface area contributed by atoms with Gasteiger partial charge in [0.05, 0.1) is 24.9 Å². The first-order chi connectivity index (χ1) is 25.1. The van der Waals surface area contributed by atoms with Crippen LogP contribution >= 0.6 is 0 Å². The van der Waals surface area contributed by atoms with E-state index in [0.29, 0.717) is 0 Å². The highest BCUT2D eigenvalue weighted by molar-refractivity contribution is 5.71. The smallest absolute Gasteiger partial charge is 0.330 e. The number of aliphatic carboxylic acids is 1. The lowest BCUT2D eigenvalue weighted by Gasteiger charge is -2.24. The van der Waals surface area contributed by atoms with E-state index in [2.05, 4.69) is 20.6 Å². The average molecular weight is 763 g/mol. The Bertz CT molecular complexity index is 2160. The van der Waals surface area contributed by atoms with Crippen molar-refractivity contribution in [2.75, 3.05) is 10.6 Å². The summed E-state index contributed by atoms with van der Waals surface area (Å²) in [7, 11) is 0. The molecule has 0 fully saturated rings. The Kier molecular flexibility index (Phi) is 13.9. The predicted molar refractivity (Wildman–Crippen MR) is 192 cm³/mol. The number of nitrogens with one attached hydrogen (secondary N) is 4. The summed E-state index contributed by atoms with van der Waals surface area (Å²) in [5.41, 5.74) is -2.71. The number of nitrogens with zero attached hydrogens (tertiary/aromatic N) is 2. The summed E-state index contributed by atoms with van der Waals surface area (Å²) < 4.78 is 60.9. The van der Waals surface area contributed by atoms with Crippen molar-refractivity contribution in [3.63, 3.8) is 0 Å². The second kappa shape index (κ2) is 17.7. The van der Waals surface area contributed by atoms with E-state index in [1.54, 1.807) is 48.5 Å². The molecule has 0 amide bonds. The van der Waals surface area contributed by atoms with Crippen molar-refractivity contribution in [1.29, 1.82) is 0 Å². The van der Waals surface area contributed by atoms with Gasteiger partial charge in [0.25, 0.3) is 11.1 Å². The molecule has 0 spiro atoms. The molecule has 2 atom stereocenters. The average Bonchev–Trinajstić information content (AvgIpc) is 3.01. The lowest BCUT2D eigenvalue weighted by Crippen LogP contribution is -2.36. The monoisotopic (exact) mass is 762 g/mol. The molecule has 18 heteroatoms. The Labute approximate surface area is 305 Å². The van der Waals surface area contributed by atoms with Crippen LogP contribution in [0.4, 0.5) is 29.2 Å². The number of carboxylic acid groups (broad SMARTS) is 1. The van der Waals surface area contributed by atoms with Crippen LogP contribution in [0, 0.1) is 23.3 Å². The second-order valence-electron chi connectivity index (χ2n) is 13.7. The van der Waals surface area contributed by atoms with Crippen LogP contribution in [-0.4, -0.2) is 41.7 Å². The number of ether oxygens (including phenoxy) is 1. The third kappa shape index (κ3) is 11.8. The van der Waals surface area contributed by atoms with Gasteiger partial charge in [0.15, 0.2) is 23.3 Å². The van der Waals surface area contributed by atoms with E-state index >= 15 is 0 Å². The van der Waals surface area contributed by atoms with Crippen molar-refractivity contribution in [2.24, 2.45) is 0 Å². The van der Waals surface area contributed by atoms with Gasteiger partial charge in [-0.25, -0.2) is 27.2 Å². The number of hydrogen-bond donors (Lipinski definition) is 5. The highest BCUT2D eigenvalue weighted by Crippen LogP contribution is 2.25. The fraction of sp³-hybridized carbons (Fsp3) is 0.389. The Morgan fingerprint density at radius 2 is 1.07 bits per heavy atom. The van der Waals surface area contributed by atoms with Crippen LogP contribution in [0.25, 0.3) is 0 Å². The Balaban J connectivity index is 0.000000294. The first-order valence-electron chi connectivity index (χ1n) is 16.6. The first kappa shape index (κ1) is 42.5. The molecule has 2 aromatic heterocycles. The molecule has 5 N–H and O–H groups in total. The van der Waals surface area contributed by atoms with Crippen molar-refractivity contribution in [1.82, 2.24) is 19.1 Å². The number of carboxylic acids is 1. The largest absolute Gasteiger partial charge is 0.481 e. The van der Waals surface area contributed by atoms with E-state index in [9.17, 15) is 46.3 Å². The summed E-state index contributed by atoms with van der Waals surface area (Å²) in [6, 6.07) is 5.90. The molecule has 2 heterocycles. The number of H-pyrrole nitrogens is 2. The normalized spacial score (nSPS) is 12.5. The minimum absolute atomic E-state index is 0.0112. The highest BCUT2D eigenvalue weighted by Gasteiger charge is 2.24. The van der Waals surface area contributed by atoms with Crippen molar-refractivity contribution in [3.8, 4) is 0 Å². The van der Waals surface area contributed by atoms with Crippen LogP contribution in [0.1, 0.15) is 96.6 Å². The molecular weight excluding hydrogens is 720 g/mol. The highest BCUT2D eigenvalue weighted by atomic mass is 19.2. The first-order valence-corrected chi connectivity index (χ1v) is 16.6. The van der Waals surface area contributed by atoms with Gasteiger partial charge in [-0.2, -0.15) is 0 Å². The van der Waals surface area contributed by atoms with E-state index in [1.165, 1.54) is 18.2 Å². The number of esters is 1. The summed E-state index contributed by atoms with van der Waals surface area (Å²) in [5, 5.41) is 14.6. The number of aromatic amines is 2. The van der Waals surface area contributed by atoms with Crippen LogP contribution in [-0.2, 0) is 14.3 Å². The maximum absolute atomic E-state index is 13.7. The van der Waals surface area contributed by atoms with Crippen LogP contribution in [0.15, 0.2) is 67.7 Å². The quantitative estimate of drug-likeness (QED) is 0.0933. The topological polar surface area (TPSA) is 197 Å². The summed E-state index contributed by atoms with van der Waals surface area (Å²) >= 11 is 0. The number of halogens is 4. The summed E-state index contributed by atoms with van der Waals surface area (Å²) in [6.07, 6.45) is -0.710. The third-order valence-electron chi connectivity index (χ3n) is 7.49. The molecule has 2 aromatic carbocycles. The molecule has 14 nitrogen and oxygen atoms in total. The van der Waals surface area contributed by atoms with Gasteiger partial charge in [-0.05, 0) is 83.9 Å². The Morgan fingerprint density at radius 1 is 0.685 bits per heavy atom. The van der Waals surface area contributed by atoms with Gasteiger partial charge in [0.2, 0.25) is 0 Å². The van der Waals surface area contributed by atoms with Gasteiger partial charge in [-0.15, -0.1) is 0 Å². The van der Waals surface area contributed by atoms with Gasteiger partial charge in [-0.3, -0.25) is 38.3 Å². The van der Waals surface area contributed by atoms with Crippen molar-refractivity contribution < 1.29 is 37.0 Å². The molecule has 0 saturated heterocycles. The minimum atomic E-state index is -1.19. The number of anilines is 2. The summed E-state index contributed by atoms with van der Waals surface area (Å²) in [4.78, 5) is 76.7. The predicted octanol–water partition coefficient (Wildman–Crippen LogP) is 5.30. The molecular formula is C36H42F4N6O8. The molecule has 292 valence electrons. The zero-order chi connectivity index (χ0) is 40.7. The number of rotatable bonds is 12. The molecule has 54 heavy (non-hydrogen) atoms. The molecule has 4 rings (SSSR count). The lowest BCUT2D eigenvalue weighted by atomic mass is 10.0. The maximum Gasteiger partial charge on any atom is 0.330 e. The van der Waals surface area contributed by atoms with Crippen molar-refractivity contribution in [2.45, 2.75) is 91.1 Å². The molecule has 0 saturated carbocycles. The van der Waals surface area contributed by atoms with E-state index in [1.807, 2.05) is 0 Å². The minimum Gasteiger partial charge on any atom is -0.481 e. The lowest BCUT2D eigenvalue weighted by molar-refractivity contribution is -0.155. The fourth-order valence-corrected chi connectivity index (χ4v) is 5.21. The van der Waals surface area contributed by atoms with Gasteiger partial charge in [0.1, 0.15) is 17.2 Å². The molecule has 4 aromatic rings. The number of aromatic nitrogens is 4. The number of hydrogen-bond acceptors (Lipinski definition) is 9. The molecule has 0 aliphatic carbocycles. The maximum atomic E-state index is 13.7. The van der Waals surface area contributed by atoms with Crippen LogP contribution in [0.5, 0.6) is 0 Å². The van der Waals surface area contributed by atoms with E-state index in [4.69, 9.17) is 9.84 Å². The van der Waals surface area contributed by atoms with Gasteiger partial charge in [0, 0.05) is 24.2 Å². The van der Waals surface area contributed by atoms with Crippen molar-refractivity contribution >= 4 is 23.6 Å². The molecule has 0 aliphatic heterocycles. The summed E-state index contributed by atoms with van der Waals surface area (Å²) in [6.45, 7) is 11.8. The molecule has 0 unspecified atom stereocenters. The van der Waals surface area contributed by atoms with E-state index in [0.717, 1.165) is 39.5 Å². The molecule has 0 aliphatic rings. The number of carbonyl (C=O) groups is 2.